The maximum absolute atomic E-state index is 4.85. The first-order chi connectivity index (χ1) is 11.8. The van der Waals surface area contributed by atoms with E-state index < -0.39 is 0 Å². The largest absolute Gasteiger partial charge is 0.307 e. The van der Waals surface area contributed by atoms with Gasteiger partial charge in [0.05, 0.1) is 0 Å². The van der Waals surface area contributed by atoms with Crippen LogP contribution in [0.4, 0.5) is 11.8 Å². The summed E-state index contributed by atoms with van der Waals surface area (Å²) in [6, 6.07) is 10.1. The van der Waals surface area contributed by atoms with Gasteiger partial charge in [-0.25, -0.2) is 9.97 Å². The molecule has 1 aromatic carbocycles. The number of rotatable bonds is 3. The fourth-order valence-corrected chi connectivity index (χ4v) is 3.10. The Labute approximate surface area is 140 Å². The van der Waals surface area contributed by atoms with Crippen LogP contribution in [0.5, 0.6) is 0 Å². The fourth-order valence-electron chi connectivity index (χ4n) is 3.10. The second kappa shape index (κ2) is 6.39. The van der Waals surface area contributed by atoms with Crippen LogP contribution in [-0.2, 0) is 12.8 Å². The molecule has 24 heavy (non-hydrogen) atoms. The van der Waals surface area contributed by atoms with Crippen LogP contribution < -0.4 is 5.32 Å². The van der Waals surface area contributed by atoms with Crippen LogP contribution in [0.3, 0.4) is 0 Å². The van der Waals surface area contributed by atoms with Crippen molar-refractivity contribution in [3.63, 3.8) is 0 Å². The SMILES string of the molecule is Cc1nc(Nc2nc(-c3ccccc3)nc3c2CCCCC3)n[nH]1. The van der Waals surface area contributed by atoms with E-state index in [0.29, 0.717) is 5.95 Å². The molecule has 2 aromatic heterocycles. The minimum Gasteiger partial charge on any atom is -0.307 e. The number of nitrogens with one attached hydrogen (secondary N) is 2. The van der Waals surface area contributed by atoms with Gasteiger partial charge < -0.3 is 5.32 Å². The number of anilines is 2. The molecule has 6 nitrogen and oxygen atoms in total. The summed E-state index contributed by atoms with van der Waals surface area (Å²) in [6.07, 6.45) is 5.58. The van der Waals surface area contributed by atoms with E-state index >= 15 is 0 Å². The molecule has 3 aromatic rings. The van der Waals surface area contributed by atoms with Crippen molar-refractivity contribution in [3.05, 3.63) is 47.4 Å². The summed E-state index contributed by atoms with van der Waals surface area (Å²) in [4.78, 5) is 14.0. The van der Waals surface area contributed by atoms with Crippen molar-refractivity contribution in [3.8, 4) is 11.4 Å². The molecule has 1 aliphatic rings. The highest BCUT2D eigenvalue weighted by Crippen LogP contribution is 2.29. The molecule has 122 valence electrons. The zero-order valence-corrected chi connectivity index (χ0v) is 13.7. The molecule has 0 atom stereocenters. The highest BCUT2D eigenvalue weighted by molar-refractivity contribution is 5.62. The molecule has 0 saturated heterocycles. The van der Waals surface area contributed by atoms with Crippen LogP contribution in [0.15, 0.2) is 30.3 Å². The number of hydrogen-bond donors (Lipinski definition) is 2. The average molecular weight is 320 g/mol. The summed E-state index contributed by atoms with van der Waals surface area (Å²) in [6.45, 7) is 1.88. The molecule has 4 rings (SSSR count). The Morgan fingerprint density at radius 3 is 2.58 bits per heavy atom. The van der Waals surface area contributed by atoms with Crippen molar-refractivity contribution in [2.75, 3.05) is 5.32 Å². The lowest BCUT2D eigenvalue weighted by Gasteiger charge is -2.13. The standard InChI is InChI=1S/C18H20N6/c1-12-19-18(24-23-12)22-17-14-10-6-3-7-11-15(14)20-16(21-17)13-8-4-2-5-9-13/h2,4-5,8-9H,3,6-7,10-11H2,1H3,(H2,19,20,21,22,23,24). The molecular weight excluding hydrogens is 300 g/mol. The minimum absolute atomic E-state index is 0.552. The number of fused-ring (bicyclic) bond motifs is 1. The summed E-state index contributed by atoms with van der Waals surface area (Å²) in [7, 11) is 0. The van der Waals surface area contributed by atoms with E-state index in [0.717, 1.165) is 41.6 Å². The topological polar surface area (TPSA) is 79.4 Å². The van der Waals surface area contributed by atoms with Gasteiger partial charge in [0.2, 0.25) is 5.95 Å². The van der Waals surface area contributed by atoms with Crippen molar-refractivity contribution < 1.29 is 0 Å². The molecule has 2 heterocycles. The zero-order valence-electron chi connectivity index (χ0n) is 13.7. The quantitative estimate of drug-likeness (QED) is 0.721. The molecule has 0 spiro atoms. The van der Waals surface area contributed by atoms with Gasteiger partial charge in [0.1, 0.15) is 11.6 Å². The molecule has 0 radical (unpaired) electrons. The molecular formula is C18H20N6. The second-order valence-corrected chi connectivity index (χ2v) is 6.12. The van der Waals surface area contributed by atoms with E-state index in [1.807, 2.05) is 37.3 Å². The third-order valence-corrected chi connectivity index (χ3v) is 4.29. The first-order valence-electron chi connectivity index (χ1n) is 8.41. The minimum atomic E-state index is 0.552. The average Bonchev–Trinajstić information content (AvgIpc) is 2.87. The third-order valence-electron chi connectivity index (χ3n) is 4.29. The smallest absolute Gasteiger partial charge is 0.247 e. The van der Waals surface area contributed by atoms with Gasteiger partial charge in [-0.05, 0) is 32.6 Å². The maximum Gasteiger partial charge on any atom is 0.247 e. The lowest BCUT2D eigenvalue weighted by Crippen LogP contribution is -2.07. The normalized spacial score (nSPS) is 14.0. The van der Waals surface area contributed by atoms with Crippen molar-refractivity contribution in [2.24, 2.45) is 0 Å². The van der Waals surface area contributed by atoms with Crippen molar-refractivity contribution >= 4 is 11.8 Å². The Morgan fingerprint density at radius 2 is 1.79 bits per heavy atom. The molecule has 2 N–H and O–H groups in total. The third kappa shape index (κ3) is 2.99. The van der Waals surface area contributed by atoms with Crippen LogP contribution in [0.1, 0.15) is 36.3 Å². The van der Waals surface area contributed by atoms with E-state index in [-0.39, 0.29) is 0 Å². The van der Waals surface area contributed by atoms with Crippen LogP contribution in [0.2, 0.25) is 0 Å². The zero-order chi connectivity index (χ0) is 16.4. The number of aromatic nitrogens is 5. The fraction of sp³-hybridized carbons (Fsp3) is 0.333. The molecule has 0 unspecified atom stereocenters. The first-order valence-corrected chi connectivity index (χ1v) is 8.41. The van der Waals surface area contributed by atoms with Crippen LogP contribution >= 0.6 is 0 Å². The summed E-state index contributed by atoms with van der Waals surface area (Å²) in [5.41, 5.74) is 3.38. The highest BCUT2D eigenvalue weighted by atomic mass is 15.3. The Hall–Kier alpha value is -2.76. The van der Waals surface area contributed by atoms with Gasteiger partial charge in [-0.15, -0.1) is 5.10 Å². The van der Waals surface area contributed by atoms with Gasteiger partial charge in [0.25, 0.3) is 0 Å². The Kier molecular flexibility index (Phi) is 3.94. The van der Waals surface area contributed by atoms with Crippen molar-refractivity contribution in [1.29, 1.82) is 0 Å². The number of aromatic amines is 1. The Bertz CT molecular complexity index is 840. The van der Waals surface area contributed by atoms with Gasteiger partial charge in [-0.2, -0.15) is 4.98 Å². The van der Waals surface area contributed by atoms with Gasteiger partial charge in [-0.1, -0.05) is 36.8 Å². The van der Waals surface area contributed by atoms with E-state index in [2.05, 4.69) is 20.5 Å². The van der Waals surface area contributed by atoms with Crippen LogP contribution in [-0.4, -0.2) is 25.1 Å². The number of aryl methyl sites for hydroxylation is 2. The molecule has 0 bridgehead atoms. The van der Waals surface area contributed by atoms with Gasteiger partial charge >= 0.3 is 0 Å². The van der Waals surface area contributed by atoms with Gasteiger partial charge in [-0.3, -0.25) is 5.10 Å². The summed E-state index contributed by atoms with van der Waals surface area (Å²) < 4.78 is 0. The number of H-pyrrole nitrogens is 1. The molecule has 0 saturated carbocycles. The number of hydrogen-bond acceptors (Lipinski definition) is 5. The predicted molar refractivity (Wildman–Crippen MR) is 93.1 cm³/mol. The highest BCUT2D eigenvalue weighted by Gasteiger charge is 2.18. The monoisotopic (exact) mass is 320 g/mol. The van der Waals surface area contributed by atoms with Crippen molar-refractivity contribution in [2.45, 2.75) is 39.0 Å². The van der Waals surface area contributed by atoms with E-state index in [1.165, 1.54) is 24.8 Å². The molecule has 6 heteroatoms. The number of nitrogens with zero attached hydrogens (tertiary/aromatic N) is 4. The maximum atomic E-state index is 4.85. The first kappa shape index (κ1) is 14.8. The van der Waals surface area contributed by atoms with E-state index in [1.54, 1.807) is 0 Å². The molecule has 1 aliphatic carbocycles. The van der Waals surface area contributed by atoms with Crippen LogP contribution in [0, 0.1) is 6.92 Å². The summed E-state index contributed by atoms with van der Waals surface area (Å²) in [5, 5.41) is 10.3. The van der Waals surface area contributed by atoms with E-state index in [4.69, 9.17) is 9.97 Å². The Balaban J connectivity index is 1.80. The van der Waals surface area contributed by atoms with E-state index in [9.17, 15) is 0 Å². The second-order valence-electron chi connectivity index (χ2n) is 6.12. The molecule has 0 amide bonds. The van der Waals surface area contributed by atoms with Gasteiger partial charge in [0, 0.05) is 16.8 Å². The van der Waals surface area contributed by atoms with Gasteiger partial charge in [0.15, 0.2) is 5.82 Å². The molecule has 0 fully saturated rings. The Morgan fingerprint density at radius 1 is 0.958 bits per heavy atom. The number of benzene rings is 1. The summed E-state index contributed by atoms with van der Waals surface area (Å²) in [5.74, 6) is 2.92. The lowest BCUT2D eigenvalue weighted by atomic mass is 10.1. The predicted octanol–water partition coefficient (Wildman–Crippen LogP) is 3.58. The van der Waals surface area contributed by atoms with Crippen molar-refractivity contribution in [1.82, 2.24) is 25.1 Å². The lowest BCUT2D eigenvalue weighted by molar-refractivity contribution is 0.709. The molecule has 0 aliphatic heterocycles. The summed E-state index contributed by atoms with van der Waals surface area (Å²) >= 11 is 0. The van der Waals surface area contributed by atoms with Crippen LogP contribution in [0.25, 0.3) is 11.4 Å².